The number of carbonyl (C=O) groups excluding carboxylic acids is 2. The van der Waals surface area contributed by atoms with E-state index in [4.69, 9.17) is 20.4 Å². The third-order valence-electron chi connectivity index (χ3n) is 1.31. The molecule has 0 aliphatic heterocycles. The molecule has 0 heterocycles. The van der Waals surface area contributed by atoms with Crippen molar-refractivity contribution in [3.05, 3.63) is 23.0 Å². The van der Waals surface area contributed by atoms with Gasteiger partial charge in [-0.2, -0.15) is 0 Å². The second kappa shape index (κ2) is 5.79. The average Bonchev–Trinajstić information content (AvgIpc) is 2.08. The monoisotopic (exact) mass is 222 g/mol. The number of aliphatic hydroxyl groups is 4. The van der Waals surface area contributed by atoms with E-state index in [9.17, 15) is 9.59 Å². The Balaban J connectivity index is -0.000000180. The van der Waals surface area contributed by atoms with Crippen LogP contribution in [0.2, 0.25) is 0 Å². The SMILES string of the molecule is O=C1C(O)=C(O)C(=O)C(O)=C1O.[HH].[HH].[Na].[Na]. The van der Waals surface area contributed by atoms with Crippen molar-refractivity contribution in [2.45, 2.75) is 0 Å². The van der Waals surface area contributed by atoms with Crippen LogP contribution in [0.15, 0.2) is 23.0 Å². The van der Waals surface area contributed by atoms with Crippen LogP contribution in [0.1, 0.15) is 2.85 Å². The van der Waals surface area contributed by atoms with Crippen LogP contribution in [0.5, 0.6) is 0 Å². The van der Waals surface area contributed by atoms with Crippen molar-refractivity contribution >= 4 is 70.7 Å². The van der Waals surface area contributed by atoms with Gasteiger partial charge in [-0.1, -0.05) is 0 Å². The summed E-state index contributed by atoms with van der Waals surface area (Å²) >= 11 is 0. The van der Waals surface area contributed by atoms with Gasteiger partial charge in [-0.15, -0.1) is 0 Å². The van der Waals surface area contributed by atoms with Gasteiger partial charge < -0.3 is 20.4 Å². The summed E-state index contributed by atoms with van der Waals surface area (Å²) in [7, 11) is 0. The van der Waals surface area contributed by atoms with Gasteiger partial charge >= 0.3 is 0 Å². The summed E-state index contributed by atoms with van der Waals surface area (Å²) in [6, 6.07) is 0. The quantitative estimate of drug-likeness (QED) is 0.325. The molecule has 6 nitrogen and oxygen atoms in total. The molecule has 0 aromatic carbocycles. The summed E-state index contributed by atoms with van der Waals surface area (Å²) < 4.78 is 0. The molecule has 0 aromatic heterocycles. The molecule has 0 spiro atoms. The first-order chi connectivity index (χ1) is 5.46. The van der Waals surface area contributed by atoms with Crippen LogP contribution in [-0.4, -0.2) is 91.1 Å². The molecule has 1 aliphatic rings. The normalized spacial score (nSPS) is 16.3. The number of rotatable bonds is 0. The zero-order valence-electron chi connectivity index (χ0n) is 7.61. The zero-order chi connectivity index (χ0) is 9.46. The first-order valence-corrected chi connectivity index (χ1v) is 2.80. The fourth-order valence-corrected chi connectivity index (χ4v) is 0.654. The molecule has 0 aromatic rings. The average molecular weight is 222 g/mol. The summed E-state index contributed by atoms with van der Waals surface area (Å²) in [5.74, 6) is -7.84. The maximum absolute atomic E-state index is 10.6. The van der Waals surface area contributed by atoms with Gasteiger partial charge in [0.05, 0.1) is 0 Å². The van der Waals surface area contributed by atoms with Crippen molar-refractivity contribution in [1.82, 2.24) is 0 Å². The molecule has 8 heteroatoms. The Bertz CT molecular complexity index is 289. The molecule has 0 saturated heterocycles. The topological polar surface area (TPSA) is 115 Å². The van der Waals surface area contributed by atoms with E-state index in [1.165, 1.54) is 0 Å². The van der Waals surface area contributed by atoms with Crippen LogP contribution < -0.4 is 0 Å². The van der Waals surface area contributed by atoms with E-state index in [0.717, 1.165) is 0 Å². The molecule has 2 radical (unpaired) electrons. The second-order valence-electron chi connectivity index (χ2n) is 2.05. The molecule has 0 fully saturated rings. The Morgan fingerprint density at radius 3 is 0.929 bits per heavy atom. The number of Topliss-reactive ketones (excluding diaryl/α,β-unsaturated/α-hetero) is 2. The summed E-state index contributed by atoms with van der Waals surface area (Å²) in [5, 5.41) is 34.6. The van der Waals surface area contributed by atoms with Crippen molar-refractivity contribution in [1.29, 1.82) is 0 Å². The third kappa shape index (κ3) is 2.53. The summed E-state index contributed by atoms with van der Waals surface area (Å²) in [5.41, 5.74) is 0. The molecule has 70 valence electrons. The minimum absolute atomic E-state index is 0. The van der Waals surface area contributed by atoms with Gasteiger partial charge in [-0.05, 0) is 0 Å². The van der Waals surface area contributed by atoms with Gasteiger partial charge in [0.1, 0.15) is 0 Å². The zero-order valence-corrected chi connectivity index (χ0v) is 11.6. The molecule has 0 bridgehead atoms. The van der Waals surface area contributed by atoms with Gasteiger partial charge in [0.2, 0.25) is 23.0 Å². The summed E-state index contributed by atoms with van der Waals surface area (Å²) in [6.07, 6.45) is 0. The molecule has 0 unspecified atom stereocenters. The maximum Gasteiger partial charge on any atom is 0.269 e. The Morgan fingerprint density at radius 1 is 0.643 bits per heavy atom. The fourth-order valence-electron chi connectivity index (χ4n) is 0.654. The van der Waals surface area contributed by atoms with Crippen molar-refractivity contribution < 1.29 is 32.9 Å². The summed E-state index contributed by atoms with van der Waals surface area (Å²) in [6.45, 7) is 0. The van der Waals surface area contributed by atoms with Crippen molar-refractivity contribution in [2.75, 3.05) is 0 Å². The molecular weight excluding hydrogens is 214 g/mol. The van der Waals surface area contributed by atoms with Crippen LogP contribution in [-0.2, 0) is 9.59 Å². The standard InChI is InChI=1S/C6H4O6.2Na.2H2/c7-1-2(8)4(10)6(12)5(11)3(1)9;;;;/h7-8,11-12H;;;2*1H. The van der Waals surface area contributed by atoms with Gasteiger partial charge in [-0.3, -0.25) is 9.59 Å². The van der Waals surface area contributed by atoms with E-state index in [2.05, 4.69) is 0 Å². The van der Waals surface area contributed by atoms with Crippen LogP contribution in [0.3, 0.4) is 0 Å². The van der Waals surface area contributed by atoms with Gasteiger partial charge in [-0.25, -0.2) is 0 Å². The van der Waals surface area contributed by atoms with Crippen LogP contribution in [0.25, 0.3) is 0 Å². The third-order valence-corrected chi connectivity index (χ3v) is 1.31. The van der Waals surface area contributed by atoms with Gasteiger partial charge in [0, 0.05) is 62.0 Å². The van der Waals surface area contributed by atoms with E-state index in [1.807, 2.05) is 0 Å². The first kappa shape index (κ1) is 16.4. The number of aliphatic hydroxyl groups excluding tert-OH is 4. The van der Waals surface area contributed by atoms with Crippen LogP contribution >= 0.6 is 0 Å². The van der Waals surface area contributed by atoms with Crippen molar-refractivity contribution in [3.8, 4) is 0 Å². The van der Waals surface area contributed by atoms with Crippen LogP contribution in [0.4, 0.5) is 0 Å². The van der Waals surface area contributed by atoms with E-state index in [1.54, 1.807) is 0 Å². The molecular formula is C6H8Na2O6. The Labute approximate surface area is 125 Å². The number of hydrogen-bond donors (Lipinski definition) is 4. The van der Waals surface area contributed by atoms with E-state index in [-0.39, 0.29) is 62.0 Å². The van der Waals surface area contributed by atoms with Gasteiger partial charge in [0.25, 0.3) is 11.6 Å². The number of ketones is 2. The number of carbonyl (C=O) groups is 2. The van der Waals surface area contributed by atoms with Gasteiger partial charge in [0.15, 0.2) is 0 Å². The first-order valence-electron chi connectivity index (χ1n) is 2.80. The maximum atomic E-state index is 10.6. The molecule has 14 heavy (non-hydrogen) atoms. The minimum atomic E-state index is -1.38. The smallest absolute Gasteiger partial charge is 0.269 e. The fraction of sp³-hybridized carbons (Fsp3) is 0. The van der Waals surface area contributed by atoms with Crippen LogP contribution in [0, 0.1) is 0 Å². The van der Waals surface area contributed by atoms with E-state index < -0.39 is 34.6 Å². The predicted molar refractivity (Wildman–Crippen MR) is 50.3 cm³/mol. The Hall–Kier alpha value is 0.0200. The molecule has 0 saturated carbocycles. The summed E-state index contributed by atoms with van der Waals surface area (Å²) in [4.78, 5) is 21.2. The molecule has 0 atom stereocenters. The minimum Gasteiger partial charge on any atom is -0.501 e. The molecule has 1 rings (SSSR count). The van der Waals surface area contributed by atoms with Crippen molar-refractivity contribution in [3.63, 3.8) is 0 Å². The molecule has 4 N–H and O–H groups in total. The number of hydrogen-bond acceptors (Lipinski definition) is 6. The van der Waals surface area contributed by atoms with E-state index in [0.29, 0.717) is 0 Å². The predicted octanol–water partition coefficient (Wildman–Crippen LogP) is -0.476. The second-order valence-corrected chi connectivity index (χ2v) is 2.05. The van der Waals surface area contributed by atoms with E-state index >= 15 is 0 Å². The Kier molecular flexibility index (Phi) is 6.81. The molecule has 0 amide bonds. The molecule has 1 aliphatic carbocycles. The van der Waals surface area contributed by atoms with Crippen molar-refractivity contribution in [2.24, 2.45) is 0 Å². The Morgan fingerprint density at radius 2 is 0.786 bits per heavy atom. The largest absolute Gasteiger partial charge is 0.501 e.